The lowest BCUT2D eigenvalue weighted by atomic mass is 9.93. The summed E-state index contributed by atoms with van der Waals surface area (Å²) in [6.45, 7) is 5.36. The summed E-state index contributed by atoms with van der Waals surface area (Å²) in [5, 5.41) is 12.0. The normalized spacial score (nSPS) is 15.3. The molecule has 1 atom stereocenters. The van der Waals surface area contributed by atoms with Gasteiger partial charge in [0.25, 0.3) is 5.91 Å². The molecule has 1 aliphatic heterocycles. The minimum absolute atomic E-state index is 0.0984. The highest BCUT2D eigenvalue weighted by Gasteiger charge is 2.45. The molecule has 4 aromatic rings. The van der Waals surface area contributed by atoms with E-state index in [4.69, 9.17) is 25.5 Å². The molecule has 1 unspecified atom stereocenters. The number of rotatable bonds is 7. The number of carbonyl (C=O) groups is 3. The standard InChI is InChI=1S/C31H26ClNO7/c1-16(2)39-31(37)19-9-6-10-22(13-19)33-26(18-8-5-7-17(3)11-18)25(28(35)30(33)36)27(34)23-14-20-12-21(32)15-24(38-4)29(20)40-23/h5-16,26,35H,1-4H3. The van der Waals surface area contributed by atoms with E-state index in [9.17, 15) is 19.5 Å². The van der Waals surface area contributed by atoms with Gasteiger partial charge >= 0.3 is 5.97 Å². The van der Waals surface area contributed by atoms with Crippen LogP contribution in [-0.2, 0) is 9.53 Å². The van der Waals surface area contributed by atoms with Crippen LogP contribution in [0.25, 0.3) is 11.0 Å². The van der Waals surface area contributed by atoms with Crippen molar-refractivity contribution >= 4 is 45.9 Å². The van der Waals surface area contributed by atoms with Gasteiger partial charge in [-0.1, -0.05) is 47.5 Å². The number of fused-ring (bicyclic) bond motifs is 1. The number of aliphatic hydroxyl groups excluding tert-OH is 1. The van der Waals surface area contributed by atoms with Crippen LogP contribution in [0.15, 0.2) is 82.5 Å². The quantitative estimate of drug-likeness (QED) is 0.197. The van der Waals surface area contributed by atoms with Crippen LogP contribution < -0.4 is 9.64 Å². The first-order valence-electron chi connectivity index (χ1n) is 12.5. The van der Waals surface area contributed by atoms with E-state index in [1.165, 1.54) is 24.1 Å². The van der Waals surface area contributed by atoms with Crippen LogP contribution in [0.1, 0.15) is 51.9 Å². The maximum absolute atomic E-state index is 14.0. The van der Waals surface area contributed by atoms with Gasteiger partial charge in [-0.15, -0.1) is 0 Å². The minimum Gasteiger partial charge on any atom is -0.503 e. The molecule has 40 heavy (non-hydrogen) atoms. The molecule has 2 heterocycles. The zero-order valence-corrected chi connectivity index (χ0v) is 23.0. The van der Waals surface area contributed by atoms with Crippen LogP contribution in [-0.4, -0.2) is 36.0 Å². The number of hydrogen-bond donors (Lipinski definition) is 1. The number of aryl methyl sites for hydroxylation is 1. The summed E-state index contributed by atoms with van der Waals surface area (Å²) in [6.07, 6.45) is -0.336. The number of carbonyl (C=O) groups excluding carboxylic acids is 3. The molecular formula is C31H26ClNO7. The molecule has 0 spiro atoms. The SMILES string of the molecule is COc1cc(Cl)cc2cc(C(=O)C3=C(O)C(=O)N(c4cccc(C(=O)OC(C)C)c4)C3c3cccc(C)c3)oc12. The number of Topliss-reactive ketones (excluding diaryl/α,β-unsaturated/α-hetero) is 1. The summed E-state index contributed by atoms with van der Waals surface area (Å²) in [7, 11) is 1.45. The fraction of sp³-hybridized carbons (Fsp3) is 0.194. The number of aliphatic hydroxyl groups is 1. The van der Waals surface area contributed by atoms with E-state index in [0.717, 1.165) is 5.56 Å². The van der Waals surface area contributed by atoms with Gasteiger partial charge in [0.1, 0.15) is 0 Å². The van der Waals surface area contributed by atoms with Crippen LogP contribution in [0.4, 0.5) is 5.69 Å². The molecule has 3 aromatic carbocycles. The highest BCUT2D eigenvalue weighted by molar-refractivity contribution is 6.31. The number of methoxy groups -OCH3 is 1. The van der Waals surface area contributed by atoms with Gasteiger partial charge in [-0.05, 0) is 56.7 Å². The van der Waals surface area contributed by atoms with Gasteiger partial charge in [-0.3, -0.25) is 14.5 Å². The van der Waals surface area contributed by atoms with Crippen molar-refractivity contribution in [2.24, 2.45) is 0 Å². The van der Waals surface area contributed by atoms with Crippen LogP contribution in [0, 0.1) is 6.92 Å². The van der Waals surface area contributed by atoms with Crippen LogP contribution in [0.2, 0.25) is 5.02 Å². The van der Waals surface area contributed by atoms with Gasteiger partial charge < -0.3 is 19.0 Å². The second kappa shape index (κ2) is 10.5. The Morgan fingerprint density at radius 1 is 1.05 bits per heavy atom. The Balaban J connectivity index is 1.64. The van der Waals surface area contributed by atoms with Crippen molar-refractivity contribution in [2.45, 2.75) is 32.9 Å². The predicted molar refractivity (Wildman–Crippen MR) is 150 cm³/mol. The lowest BCUT2D eigenvalue weighted by molar-refractivity contribution is -0.117. The Labute approximate surface area is 235 Å². The van der Waals surface area contributed by atoms with Crippen LogP contribution >= 0.6 is 11.6 Å². The van der Waals surface area contributed by atoms with E-state index in [1.807, 2.05) is 19.1 Å². The Morgan fingerprint density at radius 2 is 1.80 bits per heavy atom. The van der Waals surface area contributed by atoms with E-state index in [0.29, 0.717) is 33.0 Å². The molecule has 0 fully saturated rings. The first-order chi connectivity index (χ1) is 19.1. The van der Waals surface area contributed by atoms with Gasteiger partial charge in [0.15, 0.2) is 22.9 Å². The van der Waals surface area contributed by atoms with Gasteiger partial charge in [0.05, 0.1) is 30.4 Å². The Kier molecular flexibility index (Phi) is 7.12. The number of anilines is 1. The lowest BCUT2D eigenvalue weighted by Gasteiger charge is -2.27. The van der Waals surface area contributed by atoms with E-state index in [1.54, 1.807) is 56.3 Å². The lowest BCUT2D eigenvalue weighted by Crippen LogP contribution is -2.31. The van der Waals surface area contributed by atoms with Crippen molar-refractivity contribution in [3.63, 3.8) is 0 Å². The smallest absolute Gasteiger partial charge is 0.338 e. The number of ether oxygens (including phenoxy) is 2. The first kappa shape index (κ1) is 27.0. The number of benzene rings is 3. The third-order valence-corrected chi connectivity index (χ3v) is 6.72. The third-order valence-electron chi connectivity index (χ3n) is 6.50. The number of amides is 1. The summed E-state index contributed by atoms with van der Waals surface area (Å²) < 4.78 is 16.5. The molecule has 204 valence electrons. The average Bonchev–Trinajstić information content (AvgIpc) is 3.46. The van der Waals surface area contributed by atoms with E-state index >= 15 is 0 Å². The van der Waals surface area contributed by atoms with Crippen molar-refractivity contribution in [1.82, 2.24) is 0 Å². The van der Waals surface area contributed by atoms with E-state index < -0.39 is 29.5 Å². The number of esters is 1. The molecule has 5 rings (SSSR count). The molecule has 1 aliphatic rings. The van der Waals surface area contributed by atoms with Crippen LogP contribution in [0.5, 0.6) is 5.75 Å². The number of ketones is 1. The maximum Gasteiger partial charge on any atom is 0.338 e. The maximum atomic E-state index is 14.0. The molecule has 0 saturated heterocycles. The Bertz CT molecular complexity index is 1700. The Morgan fingerprint density at radius 3 is 2.50 bits per heavy atom. The fourth-order valence-corrected chi connectivity index (χ4v) is 5.02. The molecule has 1 amide bonds. The Hall–Kier alpha value is -4.56. The summed E-state index contributed by atoms with van der Waals surface area (Å²) >= 11 is 6.19. The van der Waals surface area contributed by atoms with Gasteiger partial charge in [-0.25, -0.2) is 4.79 Å². The minimum atomic E-state index is -1.00. The highest BCUT2D eigenvalue weighted by atomic mass is 35.5. The fourth-order valence-electron chi connectivity index (χ4n) is 4.81. The van der Waals surface area contributed by atoms with Crippen molar-refractivity contribution < 1.29 is 33.4 Å². The first-order valence-corrected chi connectivity index (χ1v) is 12.9. The van der Waals surface area contributed by atoms with Crippen LogP contribution in [0.3, 0.4) is 0 Å². The average molecular weight is 560 g/mol. The highest BCUT2D eigenvalue weighted by Crippen LogP contribution is 2.43. The summed E-state index contributed by atoms with van der Waals surface area (Å²) in [5.74, 6) is -2.50. The second-order valence-corrected chi connectivity index (χ2v) is 10.2. The predicted octanol–water partition coefficient (Wildman–Crippen LogP) is 6.75. The zero-order chi connectivity index (χ0) is 28.7. The van der Waals surface area contributed by atoms with E-state index in [-0.39, 0.29) is 23.0 Å². The van der Waals surface area contributed by atoms with Crippen molar-refractivity contribution in [1.29, 1.82) is 0 Å². The third kappa shape index (κ3) is 4.82. The number of furan rings is 1. The number of hydrogen-bond acceptors (Lipinski definition) is 7. The molecule has 9 heteroatoms. The topological polar surface area (TPSA) is 106 Å². The molecule has 1 aromatic heterocycles. The van der Waals surface area contributed by atoms with Crippen molar-refractivity contribution in [3.05, 3.63) is 106 Å². The monoisotopic (exact) mass is 559 g/mol. The van der Waals surface area contributed by atoms with Gasteiger partial charge in [0.2, 0.25) is 5.78 Å². The van der Waals surface area contributed by atoms with E-state index in [2.05, 4.69) is 0 Å². The van der Waals surface area contributed by atoms with Gasteiger partial charge in [0, 0.05) is 22.2 Å². The molecule has 0 saturated carbocycles. The number of nitrogens with zero attached hydrogens (tertiary/aromatic N) is 1. The summed E-state index contributed by atoms with van der Waals surface area (Å²) in [4.78, 5) is 41.4. The largest absolute Gasteiger partial charge is 0.503 e. The molecule has 1 N–H and O–H groups in total. The summed E-state index contributed by atoms with van der Waals surface area (Å²) in [6, 6.07) is 17.3. The van der Waals surface area contributed by atoms with Crippen molar-refractivity contribution in [3.8, 4) is 5.75 Å². The molecular weight excluding hydrogens is 534 g/mol. The number of halogens is 1. The molecule has 0 radical (unpaired) electrons. The van der Waals surface area contributed by atoms with Gasteiger partial charge in [-0.2, -0.15) is 0 Å². The summed E-state index contributed by atoms with van der Waals surface area (Å²) in [5.41, 5.74) is 2.16. The second-order valence-electron chi connectivity index (χ2n) is 9.72. The van der Waals surface area contributed by atoms with Crippen molar-refractivity contribution in [2.75, 3.05) is 12.0 Å². The molecule has 0 bridgehead atoms. The molecule has 8 nitrogen and oxygen atoms in total. The zero-order valence-electron chi connectivity index (χ0n) is 22.2. The molecule has 0 aliphatic carbocycles.